The minimum absolute atomic E-state index is 0.120. The van der Waals surface area contributed by atoms with Gasteiger partial charge in [-0.25, -0.2) is 0 Å². The van der Waals surface area contributed by atoms with E-state index in [0.717, 1.165) is 16.9 Å². The average molecular weight is 253 g/mol. The standard InChI is InChI=1S/C16H15NO2/c18-16-10-15(17-16)13-6-8-14(9-7-13)19-11-12-4-2-1-3-5-12/h1-9,15H,10-11H2,(H,17,18)/t15-/m0/s1. The van der Waals surface area contributed by atoms with Gasteiger partial charge in [0, 0.05) is 0 Å². The maximum atomic E-state index is 10.9. The molecule has 1 saturated heterocycles. The van der Waals surface area contributed by atoms with E-state index in [1.165, 1.54) is 0 Å². The van der Waals surface area contributed by atoms with Gasteiger partial charge in [0.15, 0.2) is 0 Å². The molecule has 1 N–H and O–H groups in total. The first-order valence-electron chi connectivity index (χ1n) is 6.37. The van der Waals surface area contributed by atoms with Crippen LogP contribution in [0.4, 0.5) is 0 Å². The van der Waals surface area contributed by atoms with Gasteiger partial charge in [0.25, 0.3) is 0 Å². The number of nitrogens with one attached hydrogen (secondary N) is 1. The van der Waals surface area contributed by atoms with Gasteiger partial charge in [-0.3, -0.25) is 4.79 Å². The van der Waals surface area contributed by atoms with Gasteiger partial charge in [-0.2, -0.15) is 0 Å². The van der Waals surface area contributed by atoms with E-state index in [2.05, 4.69) is 5.32 Å². The number of β-lactam (4-membered cyclic amide) rings is 1. The summed E-state index contributed by atoms with van der Waals surface area (Å²) in [6, 6.07) is 18.2. The molecule has 0 radical (unpaired) electrons. The molecule has 3 rings (SSSR count). The molecule has 1 aliphatic rings. The van der Waals surface area contributed by atoms with E-state index in [9.17, 15) is 4.79 Å². The van der Waals surface area contributed by atoms with E-state index in [4.69, 9.17) is 4.74 Å². The normalized spacial score (nSPS) is 17.5. The molecule has 0 saturated carbocycles. The van der Waals surface area contributed by atoms with Crippen molar-refractivity contribution in [3.05, 3.63) is 65.7 Å². The third kappa shape index (κ3) is 2.76. The average Bonchev–Trinajstić information content (AvgIpc) is 2.44. The quantitative estimate of drug-likeness (QED) is 0.851. The highest BCUT2D eigenvalue weighted by molar-refractivity contribution is 5.83. The van der Waals surface area contributed by atoms with Crippen LogP contribution in [0.5, 0.6) is 5.75 Å². The maximum Gasteiger partial charge on any atom is 0.222 e. The molecule has 3 nitrogen and oxygen atoms in total. The summed E-state index contributed by atoms with van der Waals surface area (Å²) in [6.07, 6.45) is 0.588. The van der Waals surface area contributed by atoms with Crippen LogP contribution in [0.1, 0.15) is 23.6 Å². The van der Waals surface area contributed by atoms with Gasteiger partial charge in [0.05, 0.1) is 12.5 Å². The molecule has 3 heteroatoms. The van der Waals surface area contributed by atoms with Gasteiger partial charge in [-0.05, 0) is 23.3 Å². The molecule has 0 aliphatic carbocycles. The second kappa shape index (κ2) is 5.14. The Labute approximate surface area is 112 Å². The maximum absolute atomic E-state index is 10.9. The molecule has 0 spiro atoms. The van der Waals surface area contributed by atoms with Gasteiger partial charge < -0.3 is 10.1 Å². The number of amides is 1. The van der Waals surface area contributed by atoms with Crippen molar-refractivity contribution in [2.75, 3.05) is 0 Å². The zero-order valence-electron chi connectivity index (χ0n) is 10.5. The van der Waals surface area contributed by atoms with Gasteiger partial charge in [0.2, 0.25) is 5.91 Å². The number of rotatable bonds is 4. The fourth-order valence-corrected chi connectivity index (χ4v) is 2.10. The molecule has 2 aromatic carbocycles. The lowest BCUT2D eigenvalue weighted by atomic mass is 9.97. The van der Waals surface area contributed by atoms with E-state index >= 15 is 0 Å². The van der Waals surface area contributed by atoms with Gasteiger partial charge in [-0.1, -0.05) is 42.5 Å². The molecule has 19 heavy (non-hydrogen) atoms. The molecule has 1 amide bonds. The fourth-order valence-electron chi connectivity index (χ4n) is 2.10. The Kier molecular flexibility index (Phi) is 3.19. The molecule has 1 atom stereocenters. The lowest BCUT2D eigenvalue weighted by Gasteiger charge is -2.27. The van der Waals surface area contributed by atoms with Gasteiger partial charge in [0.1, 0.15) is 12.4 Å². The summed E-state index contributed by atoms with van der Waals surface area (Å²) < 4.78 is 5.71. The number of carbonyl (C=O) groups excluding carboxylic acids is 1. The third-order valence-corrected chi connectivity index (χ3v) is 3.26. The predicted molar refractivity (Wildman–Crippen MR) is 72.7 cm³/mol. The highest BCUT2D eigenvalue weighted by atomic mass is 16.5. The molecule has 96 valence electrons. The second-order valence-corrected chi connectivity index (χ2v) is 4.67. The Balaban J connectivity index is 1.59. The smallest absolute Gasteiger partial charge is 0.222 e. The van der Waals surface area contributed by atoms with Crippen LogP contribution in [-0.2, 0) is 11.4 Å². The molecule has 1 aliphatic heterocycles. The monoisotopic (exact) mass is 253 g/mol. The van der Waals surface area contributed by atoms with E-state index in [1.807, 2.05) is 54.6 Å². The highest BCUT2D eigenvalue weighted by Crippen LogP contribution is 2.25. The van der Waals surface area contributed by atoms with Crippen LogP contribution in [0.15, 0.2) is 54.6 Å². The van der Waals surface area contributed by atoms with Crippen LogP contribution in [-0.4, -0.2) is 5.91 Å². The van der Waals surface area contributed by atoms with E-state index in [1.54, 1.807) is 0 Å². The molecule has 0 unspecified atom stereocenters. The van der Waals surface area contributed by atoms with E-state index < -0.39 is 0 Å². The number of hydrogen-bond donors (Lipinski definition) is 1. The van der Waals surface area contributed by atoms with Crippen molar-refractivity contribution in [1.29, 1.82) is 0 Å². The topological polar surface area (TPSA) is 38.3 Å². The van der Waals surface area contributed by atoms with Crippen LogP contribution in [0.2, 0.25) is 0 Å². The molecule has 1 fully saturated rings. The first-order chi connectivity index (χ1) is 9.31. The summed E-state index contributed by atoms with van der Waals surface area (Å²) in [4.78, 5) is 10.9. The second-order valence-electron chi connectivity index (χ2n) is 4.67. The minimum Gasteiger partial charge on any atom is -0.489 e. The SMILES string of the molecule is O=C1C[C@@H](c2ccc(OCc3ccccc3)cc2)N1. The number of carbonyl (C=O) groups is 1. The number of benzene rings is 2. The molecular weight excluding hydrogens is 238 g/mol. The molecule has 0 bridgehead atoms. The van der Waals surface area contributed by atoms with Crippen molar-refractivity contribution in [2.24, 2.45) is 0 Å². The highest BCUT2D eigenvalue weighted by Gasteiger charge is 2.26. The minimum atomic E-state index is 0.120. The fraction of sp³-hybridized carbons (Fsp3) is 0.188. The zero-order valence-corrected chi connectivity index (χ0v) is 10.5. The van der Waals surface area contributed by atoms with Crippen LogP contribution < -0.4 is 10.1 Å². The largest absolute Gasteiger partial charge is 0.489 e. The number of hydrogen-bond acceptors (Lipinski definition) is 2. The zero-order chi connectivity index (χ0) is 13.1. The lowest BCUT2D eigenvalue weighted by molar-refractivity contribution is -0.128. The van der Waals surface area contributed by atoms with E-state index in [-0.39, 0.29) is 11.9 Å². The summed E-state index contributed by atoms with van der Waals surface area (Å²) in [5, 5.41) is 2.86. The Hall–Kier alpha value is -2.29. The molecule has 1 heterocycles. The van der Waals surface area contributed by atoms with Gasteiger partial charge in [-0.15, -0.1) is 0 Å². The predicted octanol–water partition coefficient (Wildman–Crippen LogP) is 2.83. The van der Waals surface area contributed by atoms with Crippen molar-refractivity contribution >= 4 is 5.91 Å². The van der Waals surface area contributed by atoms with Gasteiger partial charge >= 0.3 is 0 Å². The van der Waals surface area contributed by atoms with Crippen LogP contribution in [0.25, 0.3) is 0 Å². The van der Waals surface area contributed by atoms with Crippen molar-refractivity contribution < 1.29 is 9.53 Å². The van der Waals surface area contributed by atoms with Crippen molar-refractivity contribution in [3.8, 4) is 5.75 Å². The Morgan fingerprint density at radius 2 is 1.74 bits per heavy atom. The number of ether oxygens (including phenoxy) is 1. The summed E-state index contributed by atoms with van der Waals surface area (Å²) in [7, 11) is 0. The van der Waals surface area contributed by atoms with Crippen molar-refractivity contribution in [3.63, 3.8) is 0 Å². The Bertz CT molecular complexity index is 555. The summed E-state index contributed by atoms with van der Waals surface area (Å²) in [5.74, 6) is 0.965. The molecule has 0 aromatic heterocycles. The first kappa shape index (κ1) is 11.8. The van der Waals surface area contributed by atoms with Crippen LogP contribution >= 0.6 is 0 Å². The first-order valence-corrected chi connectivity index (χ1v) is 6.37. The van der Waals surface area contributed by atoms with E-state index in [0.29, 0.717) is 13.0 Å². The molecule has 2 aromatic rings. The van der Waals surface area contributed by atoms with Crippen LogP contribution in [0, 0.1) is 0 Å². The van der Waals surface area contributed by atoms with Crippen LogP contribution in [0.3, 0.4) is 0 Å². The summed E-state index contributed by atoms with van der Waals surface area (Å²) >= 11 is 0. The Morgan fingerprint density at radius 1 is 1.05 bits per heavy atom. The van der Waals surface area contributed by atoms with Crippen molar-refractivity contribution in [2.45, 2.75) is 19.1 Å². The summed E-state index contributed by atoms with van der Waals surface area (Å²) in [5.41, 5.74) is 2.28. The third-order valence-electron chi connectivity index (χ3n) is 3.26. The molecular formula is C16H15NO2. The lowest BCUT2D eigenvalue weighted by Crippen LogP contribution is -2.41. The summed E-state index contributed by atoms with van der Waals surface area (Å²) in [6.45, 7) is 0.570. The van der Waals surface area contributed by atoms with Crippen molar-refractivity contribution in [1.82, 2.24) is 5.32 Å². The Morgan fingerprint density at radius 3 is 2.37 bits per heavy atom.